The van der Waals surface area contributed by atoms with Gasteiger partial charge in [-0.3, -0.25) is 0 Å². The number of carboxylic acids is 1. The lowest BCUT2D eigenvalue weighted by Crippen LogP contribution is -2.32. The molecule has 1 N–H and O–H groups in total. The van der Waals surface area contributed by atoms with Crippen molar-refractivity contribution >= 4 is 27.6 Å². The Hall–Kier alpha value is -1.35. The molecule has 1 fully saturated rings. The number of hydrogen-bond acceptors (Lipinski definition) is 5. The van der Waals surface area contributed by atoms with Crippen molar-refractivity contribution in [2.75, 3.05) is 33.9 Å². The van der Waals surface area contributed by atoms with Crippen LogP contribution in [0.1, 0.15) is 29.6 Å². The lowest BCUT2D eigenvalue weighted by molar-refractivity contribution is 0.0693. The standard InChI is InChI=1S/C16H22ClNO6S/c1-23-10-11-4-3-6-18(7-5-11)25(21,22)15-9-14(24-2)12(16(19)20)8-13(15)17/h8-9,11H,3-7,10H2,1-2H3,(H,19,20). The van der Waals surface area contributed by atoms with Crippen LogP contribution in [-0.2, 0) is 14.8 Å². The number of hydrogen-bond donors (Lipinski definition) is 1. The molecular formula is C16H22ClNO6S. The fourth-order valence-electron chi connectivity index (χ4n) is 2.99. The number of carboxylic acid groups (broad SMARTS) is 1. The Kier molecular flexibility index (Phi) is 6.67. The second kappa shape index (κ2) is 8.35. The predicted octanol–water partition coefficient (Wildman–Crippen LogP) is 2.48. The maximum absolute atomic E-state index is 13.0. The van der Waals surface area contributed by atoms with Gasteiger partial charge in [0.25, 0.3) is 0 Å². The summed E-state index contributed by atoms with van der Waals surface area (Å²) < 4.78 is 37.5. The highest BCUT2D eigenvalue weighted by molar-refractivity contribution is 7.89. The number of benzene rings is 1. The number of nitrogens with zero attached hydrogens (tertiary/aromatic N) is 1. The van der Waals surface area contributed by atoms with Gasteiger partial charge in [-0.05, 0) is 31.2 Å². The van der Waals surface area contributed by atoms with E-state index in [2.05, 4.69) is 0 Å². The van der Waals surface area contributed by atoms with Crippen LogP contribution >= 0.6 is 11.6 Å². The Bertz CT molecular complexity index is 736. The van der Waals surface area contributed by atoms with Gasteiger partial charge in [-0.1, -0.05) is 11.6 Å². The highest BCUT2D eigenvalue weighted by Crippen LogP contribution is 2.33. The van der Waals surface area contributed by atoms with E-state index in [1.54, 1.807) is 7.11 Å². The van der Waals surface area contributed by atoms with Crippen LogP contribution in [0.3, 0.4) is 0 Å². The molecule has 0 spiro atoms. The van der Waals surface area contributed by atoms with Crippen molar-refractivity contribution in [2.24, 2.45) is 5.92 Å². The first-order chi connectivity index (χ1) is 11.8. The second-order valence-corrected chi connectivity index (χ2v) is 8.26. The maximum atomic E-state index is 13.0. The second-order valence-electron chi connectivity index (χ2n) is 5.94. The van der Waals surface area contributed by atoms with Crippen molar-refractivity contribution in [3.05, 3.63) is 22.7 Å². The van der Waals surface area contributed by atoms with E-state index in [0.717, 1.165) is 18.9 Å². The monoisotopic (exact) mass is 391 g/mol. The highest BCUT2D eigenvalue weighted by atomic mass is 35.5. The van der Waals surface area contributed by atoms with Crippen LogP contribution in [0.2, 0.25) is 5.02 Å². The molecule has 0 bridgehead atoms. The topological polar surface area (TPSA) is 93.1 Å². The van der Waals surface area contributed by atoms with E-state index < -0.39 is 16.0 Å². The van der Waals surface area contributed by atoms with Crippen LogP contribution in [0.15, 0.2) is 17.0 Å². The molecule has 1 heterocycles. The zero-order valence-corrected chi connectivity index (χ0v) is 15.8. The predicted molar refractivity (Wildman–Crippen MR) is 92.9 cm³/mol. The van der Waals surface area contributed by atoms with Gasteiger partial charge in [0.15, 0.2) is 0 Å². The summed E-state index contributed by atoms with van der Waals surface area (Å²) in [5.74, 6) is -0.952. The first-order valence-corrected chi connectivity index (χ1v) is 9.73. The summed E-state index contributed by atoms with van der Waals surface area (Å²) >= 11 is 6.08. The minimum absolute atomic E-state index is 0.0393. The largest absolute Gasteiger partial charge is 0.496 e. The molecule has 1 atom stereocenters. The summed E-state index contributed by atoms with van der Waals surface area (Å²) in [5.41, 5.74) is -0.178. The minimum atomic E-state index is -3.84. The number of sulfonamides is 1. The van der Waals surface area contributed by atoms with Crippen molar-refractivity contribution in [3.63, 3.8) is 0 Å². The molecular weight excluding hydrogens is 370 g/mol. The molecule has 1 aliphatic rings. The van der Waals surface area contributed by atoms with Gasteiger partial charge >= 0.3 is 5.97 Å². The average molecular weight is 392 g/mol. The minimum Gasteiger partial charge on any atom is -0.496 e. The van der Waals surface area contributed by atoms with E-state index in [9.17, 15) is 18.3 Å². The molecule has 0 aliphatic carbocycles. The molecule has 0 amide bonds. The Balaban J connectivity index is 2.34. The molecule has 0 radical (unpaired) electrons. The van der Waals surface area contributed by atoms with Gasteiger partial charge in [-0.2, -0.15) is 4.31 Å². The Labute approximate surface area is 152 Å². The third-order valence-corrected chi connectivity index (χ3v) is 6.67. The normalized spacial score (nSPS) is 19.4. The average Bonchev–Trinajstić information content (AvgIpc) is 2.80. The van der Waals surface area contributed by atoms with Crippen molar-refractivity contribution in [1.29, 1.82) is 0 Å². The zero-order valence-electron chi connectivity index (χ0n) is 14.2. The molecule has 9 heteroatoms. The molecule has 2 rings (SSSR count). The molecule has 0 saturated carbocycles. The summed E-state index contributed by atoms with van der Waals surface area (Å²) in [6.07, 6.45) is 2.33. The first-order valence-electron chi connectivity index (χ1n) is 7.91. The third-order valence-electron chi connectivity index (χ3n) is 4.31. The Morgan fingerprint density at radius 2 is 2.04 bits per heavy atom. The number of rotatable bonds is 6. The molecule has 0 aromatic heterocycles. The highest BCUT2D eigenvalue weighted by Gasteiger charge is 2.31. The van der Waals surface area contributed by atoms with E-state index in [0.29, 0.717) is 32.0 Å². The van der Waals surface area contributed by atoms with Gasteiger partial charge in [-0.15, -0.1) is 0 Å². The van der Waals surface area contributed by atoms with Crippen LogP contribution in [0.5, 0.6) is 5.75 Å². The molecule has 1 aromatic carbocycles. The first kappa shape index (κ1) is 20.0. The van der Waals surface area contributed by atoms with Crippen molar-refractivity contribution < 1.29 is 27.8 Å². The van der Waals surface area contributed by atoms with Crippen LogP contribution in [-0.4, -0.2) is 57.7 Å². The van der Waals surface area contributed by atoms with E-state index in [4.69, 9.17) is 21.1 Å². The fourth-order valence-corrected chi connectivity index (χ4v) is 5.00. The lowest BCUT2D eigenvalue weighted by Gasteiger charge is -2.21. The molecule has 1 aromatic rings. The van der Waals surface area contributed by atoms with Gasteiger partial charge < -0.3 is 14.6 Å². The quantitative estimate of drug-likeness (QED) is 0.800. The van der Waals surface area contributed by atoms with Gasteiger partial charge in [0, 0.05) is 32.9 Å². The fraction of sp³-hybridized carbons (Fsp3) is 0.562. The zero-order chi connectivity index (χ0) is 18.6. The van der Waals surface area contributed by atoms with Crippen LogP contribution in [0, 0.1) is 5.92 Å². The number of carbonyl (C=O) groups is 1. The van der Waals surface area contributed by atoms with Crippen molar-refractivity contribution in [1.82, 2.24) is 4.31 Å². The van der Waals surface area contributed by atoms with E-state index in [1.807, 2.05) is 0 Å². The van der Waals surface area contributed by atoms with Crippen molar-refractivity contribution in [3.8, 4) is 5.75 Å². The summed E-state index contributed by atoms with van der Waals surface area (Å²) in [4.78, 5) is 11.1. The van der Waals surface area contributed by atoms with Crippen LogP contribution < -0.4 is 4.74 Å². The molecule has 1 unspecified atom stereocenters. The number of ether oxygens (including phenoxy) is 2. The van der Waals surface area contributed by atoms with Gasteiger partial charge in [-0.25, -0.2) is 13.2 Å². The maximum Gasteiger partial charge on any atom is 0.339 e. The molecule has 140 valence electrons. The van der Waals surface area contributed by atoms with Crippen LogP contribution in [0.4, 0.5) is 0 Å². The summed E-state index contributed by atoms with van der Waals surface area (Å²) in [7, 11) is -0.922. The van der Waals surface area contributed by atoms with E-state index >= 15 is 0 Å². The van der Waals surface area contributed by atoms with Crippen molar-refractivity contribution in [2.45, 2.75) is 24.2 Å². The number of aromatic carboxylic acids is 1. The van der Waals surface area contributed by atoms with Gasteiger partial charge in [0.1, 0.15) is 16.2 Å². The molecule has 1 saturated heterocycles. The third kappa shape index (κ3) is 4.44. The molecule has 7 nitrogen and oxygen atoms in total. The number of halogens is 1. The molecule has 1 aliphatic heterocycles. The number of methoxy groups -OCH3 is 2. The molecule has 25 heavy (non-hydrogen) atoms. The van der Waals surface area contributed by atoms with Gasteiger partial charge in [0.05, 0.1) is 12.1 Å². The van der Waals surface area contributed by atoms with E-state index in [-0.39, 0.29) is 21.2 Å². The summed E-state index contributed by atoms with van der Waals surface area (Å²) in [5, 5.41) is 9.04. The van der Waals surface area contributed by atoms with Gasteiger partial charge in [0.2, 0.25) is 10.0 Å². The Morgan fingerprint density at radius 3 is 2.64 bits per heavy atom. The van der Waals surface area contributed by atoms with Crippen LogP contribution in [0.25, 0.3) is 0 Å². The summed E-state index contributed by atoms with van der Waals surface area (Å²) in [6, 6.07) is 2.29. The SMILES string of the molecule is COCC1CCCN(S(=O)(=O)c2cc(OC)c(C(=O)O)cc2Cl)CC1. The van der Waals surface area contributed by atoms with E-state index in [1.165, 1.54) is 17.5 Å². The lowest BCUT2D eigenvalue weighted by atomic mass is 10.0. The summed E-state index contributed by atoms with van der Waals surface area (Å²) in [6.45, 7) is 1.37. The smallest absolute Gasteiger partial charge is 0.339 e. The Morgan fingerprint density at radius 1 is 1.32 bits per heavy atom.